The molecule has 29 heavy (non-hydrogen) atoms. The van der Waals surface area contributed by atoms with E-state index in [0.717, 1.165) is 0 Å². The van der Waals surface area contributed by atoms with Crippen LogP contribution in [-0.2, 0) is 21.3 Å². The molecule has 4 rings (SSSR count). The molecule has 1 N–H and O–H groups in total. The third-order valence-electron chi connectivity index (χ3n) is 4.67. The predicted octanol–water partition coefficient (Wildman–Crippen LogP) is 2.57. The number of ether oxygens (including phenoxy) is 2. The SMILES string of the molecule is COc1cccc(C(=O)Nc2c3c(nn2-c2ccccc2)CS(=O)(=O)C3)c1OC. The Balaban J connectivity index is 1.79. The van der Waals surface area contributed by atoms with Gasteiger partial charge in [-0.15, -0.1) is 0 Å². The number of hydrogen-bond donors (Lipinski definition) is 1. The standard InChI is InChI=1S/C20H19N3O5S/c1-27-17-10-6-9-14(18(17)28-2)20(24)21-19-15-11-29(25,26)12-16(15)22-23(19)13-7-4-3-5-8-13/h3-10H,11-12H2,1-2H3,(H,21,24). The van der Waals surface area contributed by atoms with Crippen LogP contribution in [0.4, 0.5) is 5.82 Å². The highest BCUT2D eigenvalue weighted by molar-refractivity contribution is 7.90. The van der Waals surface area contributed by atoms with Crippen LogP contribution in [0.1, 0.15) is 21.6 Å². The Bertz CT molecular complexity index is 1190. The average molecular weight is 413 g/mol. The lowest BCUT2D eigenvalue weighted by molar-refractivity contribution is 0.102. The third-order valence-corrected chi connectivity index (χ3v) is 6.11. The molecule has 1 aliphatic heterocycles. The van der Waals surface area contributed by atoms with Gasteiger partial charge >= 0.3 is 0 Å². The summed E-state index contributed by atoms with van der Waals surface area (Å²) in [4.78, 5) is 13.1. The largest absolute Gasteiger partial charge is 0.493 e. The van der Waals surface area contributed by atoms with Crippen LogP contribution in [0.2, 0.25) is 0 Å². The van der Waals surface area contributed by atoms with E-state index < -0.39 is 15.7 Å². The number of methoxy groups -OCH3 is 2. The Morgan fingerprint density at radius 3 is 2.48 bits per heavy atom. The zero-order chi connectivity index (χ0) is 20.6. The molecule has 0 aliphatic carbocycles. The van der Waals surface area contributed by atoms with E-state index in [2.05, 4.69) is 10.4 Å². The highest BCUT2D eigenvalue weighted by Crippen LogP contribution is 2.35. The molecule has 0 spiro atoms. The zero-order valence-electron chi connectivity index (χ0n) is 15.9. The molecular weight excluding hydrogens is 394 g/mol. The number of hydrogen-bond acceptors (Lipinski definition) is 6. The molecule has 2 aromatic carbocycles. The summed E-state index contributed by atoms with van der Waals surface area (Å²) in [5.41, 5.74) is 1.93. The van der Waals surface area contributed by atoms with Crippen molar-refractivity contribution in [2.24, 2.45) is 0 Å². The molecule has 0 atom stereocenters. The Labute approximate surface area is 168 Å². The van der Waals surface area contributed by atoms with E-state index in [1.807, 2.05) is 30.3 Å². The number of nitrogens with one attached hydrogen (secondary N) is 1. The number of benzene rings is 2. The van der Waals surface area contributed by atoms with Crippen molar-refractivity contribution >= 4 is 21.6 Å². The number of carbonyl (C=O) groups is 1. The second-order valence-electron chi connectivity index (χ2n) is 6.55. The molecule has 0 fully saturated rings. The smallest absolute Gasteiger partial charge is 0.260 e. The fraction of sp³-hybridized carbons (Fsp3) is 0.200. The van der Waals surface area contributed by atoms with Gasteiger partial charge in [-0.25, -0.2) is 13.1 Å². The quantitative estimate of drug-likeness (QED) is 0.690. The highest BCUT2D eigenvalue weighted by atomic mass is 32.2. The minimum atomic E-state index is -3.28. The van der Waals surface area contributed by atoms with Crippen LogP contribution in [0.5, 0.6) is 11.5 Å². The fourth-order valence-electron chi connectivity index (χ4n) is 3.37. The first-order chi connectivity index (χ1) is 13.9. The fourth-order valence-corrected chi connectivity index (χ4v) is 4.86. The van der Waals surface area contributed by atoms with Crippen molar-refractivity contribution in [1.29, 1.82) is 0 Å². The van der Waals surface area contributed by atoms with Gasteiger partial charge in [0.2, 0.25) is 0 Å². The van der Waals surface area contributed by atoms with Crippen LogP contribution in [0, 0.1) is 0 Å². The van der Waals surface area contributed by atoms with Crippen LogP contribution in [-0.4, -0.2) is 38.3 Å². The molecule has 0 unspecified atom stereocenters. The van der Waals surface area contributed by atoms with Gasteiger partial charge < -0.3 is 14.8 Å². The van der Waals surface area contributed by atoms with Crippen LogP contribution in [0.25, 0.3) is 5.69 Å². The summed E-state index contributed by atoms with van der Waals surface area (Å²) in [6.07, 6.45) is 0. The molecule has 1 aromatic heterocycles. The van der Waals surface area contributed by atoms with Gasteiger partial charge in [0.25, 0.3) is 5.91 Å². The summed E-state index contributed by atoms with van der Waals surface area (Å²) < 4.78 is 36.3. The van der Waals surface area contributed by atoms with Gasteiger partial charge in [0, 0.05) is 5.56 Å². The van der Waals surface area contributed by atoms with Crippen LogP contribution >= 0.6 is 0 Å². The summed E-state index contributed by atoms with van der Waals surface area (Å²) >= 11 is 0. The topological polar surface area (TPSA) is 99.5 Å². The summed E-state index contributed by atoms with van der Waals surface area (Å²) in [7, 11) is -0.340. The summed E-state index contributed by atoms with van der Waals surface area (Å²) in [5.74, 6) is 0.284. The first kappa shape index (κ1) is 19.0. The number of sulfone groups is 1. The van der Waals surface area contributed by atoms with Crippen molar-refractivity contribution in [3.8, 4) is 17.2 Å². The number of aromatic nitrogens is 2. The van der Waals surface area contributed by atoms with Gasteiger partial charge in [0.05, 0.1) is 42.7 Å². The number of amides is 1. The molecule has 0 saturated carbocycles. The normalized spacial score (nSPS) is 14.3. The molecule has 1 amide bonds. The number of anilines is 1. The zero-order valence-corrected chi connectivity index (χ0v) is 16.7. The van der Waals surface area contributed by atoms with Gasteiger partial charge in [-0.1, -0.05) is 24.3 Å². The number of rotatable bonds is 5. The summed E-state index contributed by atoms with van der Waals surface area (Å²) in [6.45, 7) is 0. The highest BCUT2D eigenvalue weighted by Gasteiger charge is 2.33. The maximum absolute atomic E-state index is 13.1. The molecule has 0 radical (unpaired) electrons. The van der Waals surface area contributed by atoms with Gasteiger partial charge in [0.1, 0.15) is 5.82 Å². The lowest BCUT2D eigenvalue weighted by Crippen LogP contribution is -2.18. The average Bonchev–Trinajstić information content (AvgIpc) is 3.20. The predicted molar refractivity (Wildman–Crippen MR) is 107 cm³/mol. The van der Waals surface area contributed by atoms with Crippen molar-refractivity contribution in [1.82, 2.24) is 9.78 Å². The Morgan fingerprint density at radius 1 is 1.03 bits per heavy atom. The van der Waals surface area contributed by atoms with E-state index >= 15 is 0 Å². The molecule has 2 heterocycles. The monoisotopic (exact) mass is 413 g/mol. The Hall–Kier alpha value is -3.33. The first-order valence-corrected chi connectivity index (χ1v) is 10.6. The lowest BCUT2D eigenvalue weighted by Gasteiger charge is -2.14. The van der Waals surface area contributed by atoms with Gasteiger partial charge in [-0.05, 0) is 24.3 Å². The second kappa shape index (κ2) is 7.25. The van der Waals surface area contributed by atoms with E-state index in [0.29, 0.717) is 34.3 Å². The van der Waals surface area contributed by atoms with E-state index in [-0.39, 0.29) is 17.1 Å². The summed E-state index contributed by atoms with van der Waals surface area (Å²) in [5, 5.41) is 7.28. The van der Waals surface area contributed by atoms with Crippen molar-refractivity contribution in [2.45, 2.75) is 11.5 Å². The van der Waals surface area contributed by atoms with Crippen molar-refractivity contribution in [2.75, 3.05) is 19.5 Å². The van der Waals surface area contributed by atoms with Gasteiger partial charge in [0.15, 0.2) is 21.3 Å². The Morgan fingerprint density at radius 2 is 1.79 bits per heavy atom. The number of para-hydroxylation sites is 2. The van der Waals surface area contributed by atoms with Gasteiger partial charge in [-0.2, -0.15) is 5.10 Å². The molecular formula is C20H19N3O5S. The van der Waals surface area contributed by atoms with Crippen molar-refractivity contribution in [3.05, 3.63) is 65.4 Å². The van der Waals surface area contributed by atoms with Crippen LogP contribution in [0.3, 0.4) is 0 Å². The van der Waals surface area contributed by atoms with E-state index in [9.17, 15) is 13.2 Å². The van der Waals surface area contributed by atoms with E-state index in [4.69, 9.17) is 9.47 Å². The molecule has 3 aromatic rings. The first-order valence-electron chi connectivity index (χ1n) is 8.82. The lowest BCUT2D eigenvalue weighted by atomic mass is 10.1. The molecule has 9 heteroatoms. The van der Waals surface area contributed by atoms with E-state index in [1.54, 1.807) is 22.9 Å². The third kappa shape index (κ3) is 3.44. The van der Waals surface area contributed by atoms with Crippen LogP contribution in [0.15, 0.2) is 48.5 Å². The number of carbonyl (C=O) groups excluding carboxylic acids is 1. The minimum Gasteiger partial charge on any atom is -0.493 e. The van der Waals surface area contributed by atoms with Gasteiger partial charge in [-0.3, -0.25) is 4.79 Å². The summed E-state index contributed by atoms with van der Waals surface area (Å²) in [6, 6.07) is 14.2. The van der Waals surface area contributed by atoms with E-state index in [1.165, 1.54) is 14.2 Å². The maximum atomic E-state index is 13.1. The second-order valence-corrected chi connectivity index (χ2v) is 8.61. The van der Waals surface area contributed by atoms with Crippen molar-refractivity contribution in [3.63, 3.8) is 0 Å². The van der Waals surface area contributed by atoms with Crippen molar-refractivity contribution < 1.29 is 22.7 Å². The number of fused-ring (bicyclic) bond motifs is 1. The molecule has 150 valence electrons. The minimum absolute atomic E-state index is 0.145. The molecule has 0 saturated heterocycles. The number of nitrogens with zero attached hydrogens (tertiary/aromatic N) is 2. The molecule has 8 nitrogen and oxygen atoms in total. The van der Waals surface area contributed by atoms with Crippen LogP contribution < -0.4 is 14.8 Å². The molecule has 0 bridgehead atoms. The molecule has 1 aliphatic rings. The Kier molecular flexibility index (Phi) is 4.75. The maximum Gasteiger partial charge on any atom is 0.260 e.